The number of hydrogen-bond donors (Lipinski definition) is 2. The fourth-order valence-electron chi connectivity index (χ4n) is 2.87. The Kier molecular flexibility index (Phi) is 8.11. The molecule has 1 heterocycles. The highest BCUT2D eigenvalue weighted by atomic mass is 16.5. The molecule has 1 aromatic heterocycles. The quantitative estimate of drug-likeness (QED) is 0.400. The van der Waals surface area contributed by atoms with Crippen LogP contribution in [-0.4, -0.2) is 31.7 Å². The molecular weight excluding hydrogens is 392 g/mol. The summed E-state index contributed by atoms with van der Waals surface area (Å²) in [5.74, 6) is 3.39. The molecule has 0 spiro atoms. The number of nitrogens with zero attached hydrogens (tertiary/aromatic N) is 2. The maximum Gasteiger partial charge on any atom is 0.219 e. The Balaban J connectivity index is 1.52. The maximum absolute atomic E-state index is 5.87. The van der Waals surface area contributed by atoms with Crippen LogP contribution >= 0.6 is 0 Å². The Morgan fingerprint density at radius 1 is 0.935 bits per heavy atom. The van der Waals surface area contributed by atoms with E-state index in [1.807, 2.05) is 67.6 Å². The number of nitrogens with one attached hydrogen (secondary N) is 2. The number of rotatable bonds is 9. The topological polar surface area (TPSA) is 77.0 Å². The van der Waals surface area contributed by atoms with E-state index in [0.29, 0.717) is 43.0 Å². The van der Waals surface area contributed by atoms with Crippen LogP contribution in [0.15, 0.2) is 71.9 Å². The smallest absolute Gasteiger partial charge is 0.219 e. The lowest BCUT2D eigenvalue weighted by atomic mass is 10.2. The summed E-state index contributed by atoms with van der Waals surface area (Å²) in [6.45, 7) is 3.74. The van der Waals surface area contributed by atoms with Crippen LogP contribution in [0.3, 0.4) is 0 Å². The molecule has 0 aliphatic heterocycles. The fraction of sp³-hybridized carbons (Fsp3) is 0.250. The van der Waals surface area contributed by atoms with Crippen molar-refractivity contribution in [1.82, 2.24) is 15.6 Å². The third kappa shape index (κ3) is 6.64. The molecule has 7 nitrogen and oxygen atoms in total. The van der Waals surface area contributed by atoms with Crippen molar-refractivity contribution in [1.29, 1.82) is 0 Å². The number of methoxy groups -OCH3 is 1. The number of aliphatic imine (C=N–C) groups is 1. The second-order valence-corrected chi connectivity index (χ2v) is 6.62. The van der Waals surface area contributed by atoms with E-state index in [-0.39, 0.29) is 0 Å². The predicted octanol–water partition coefficient (Wildman–Crippen LogP) is 4.15. The Morgan fingerprint density at radius 2 is 1.71 bits per heavy atom. The van der Waals surface area contributed by atoms with Gasteiger partial charge in [-0.2, -0.15) is 0 Å². The SMILES string of the molecule is CCOc1ccccc1Oc1ccc(CNC(=NC)NCc2cccc(OC)c2)cn1. The monoisotopic (exact) mass is 420 g/mol. The second kappa shape index (κ2) is 11.4. The van der Waals surface area contributed by atoms with E-state index in [1.165, 1.54) is 0 Å². The minimum atomic E-state index is 0.511. The summed E-state index contributed by atoms with van der Waals surface area (Å²) < 4.78 is 16.7. The summed E-state index contributed by atoms with van der Waals surface area (Å²) in [6.07, 6.45) is 1.78. The number of hydrogen-bond acceptors (Lipinski definition) is 5. The van der Waals surface area contributed by atoms with E-state index in [9.17, 15) is 0 Å². The zero-order valence-electron chi connectivity index (χ0n) is 18.1. The highest BCUT2D eigenvalue weighted by Gasteiger charge is 2.06. The molecule has 0 bridgehead atoms. The molecule has 31 heavy (non-hydrogen) atoms. The number of para-hydroxylation sites is 2. The molecule has 0 fully saturated rings. The normalized spacial score (nSPS) is 11.0. The molecular formula is C24H28N4O3. The summed E-state index contributed by atoms with van der Waals surface area (Å²) in [7, 11) is 3.40. The van der Waals surface area contributed by atoms with Crippen molar-refractivity contribution in [2.45, 2.75) is 20.0 Å². The third-order valence-electron chi connectivity index (χ3n) is 4.44. The van der Waals surface area contributed by atoms with Gasteiger partial charge in [0.1, 0.15) is 5.75 Å². The number of benzene rings is 2. The van der Waals surface area contributed by atoms with Gasteiger partial charge in [0.15, 0.2) is 17.5 Å². The molecule has 0 saturated heterocycles. The van der Waals surface area contributed by atoms with Crippen LogP contribution in [-0.2, 0) is 13.1 Å². The molecule has 2 aromatic carbocycles. The molecule has 0 amide bonds. The number of guanidine groups is 1. The summed E-state index contributed by atoms with van der Waals surface area (Å²) in [5.41, 5.74) is 2.12. The van der Waals surface area contributed by atoms with Gasteiger partial charge in [-0.15, -0.1) is 0 Å². The van der Waals surface area contributed by atoms with E-state index in [1.54, 1.807) is 20.4 Å². The van der Waals surface area contributed by atoms with Crippen molar-refractivity contribution >= 4 is 5.96 Å². The number of ether oxygens (including phenoxy) is 3. The average Bonchev–Trinajstić information content (AvgIpc) is 2.82. The lowest BCUT2D eigenvalue weighted by Crippen LogP contribution is -2.36. The van der Waals surface area contributed by atoms with Crippen molar-refractivity contribution in [3.05, 3.63) is 78.0 Å². The van der Waals surface area contributed by atoms with Gasteiger partial charge >= 0.3 is 0 Å². The van der Waals surface area contributed by atoms with Gasteiger partial charge in [0, 0.05) is 32.4 Å². The highest BCUT2D eigenvalue weighted by Crippen LogP contribution is 2.30. The lowest BCUT2D eigenvalue weighted by Gasteiger charge is -2.13. The van der Waals surface area contributed by atoms with Crippen LogP contribution in [0.1, 0.15) is 18.1 Å². The molecule has 0 aliphatic rings. The van der Waals surface area contributed by atoms with E-state index < -0.39 is 0 Å². The first-order valence-corrected chi connectivity index (χ1v) is 10.1. The van der Waals surface area contributed by atoms with Crippen LogP contribution in [0.4, 0.5) is 0 Å². The molecule has 0 unspecified atom stereocenters. The van der Waals surface area contributed by atoms with E-state index in [2.05, 4.69) is 20.6 Å². The van der Waals surface area contributed by atoms with Crippen molar-refractivity contribution in [2.24, 2.45) is 4.99 Å². The van der Waals surface area contributed by atoms with E-state index >= 15 is 0 Å². The molecule has 7 heteroatoms. The van der Waals surface area contributed by atoms with Crippen molar-refractivity contribution < 1.29 is 14.2 Å². The molecule has 162 valence electrons. The Hall–Kier alpha value is -3.74. The van der Waals surface area contributed by atoms with Gasteiger partial charge in [-0.05, 0) is 42.3 Å². The molecule has 0 radical (unpaired) electrons. The fourth-order valence-corrected chi connectivity index (χ4v) is 2.87. The van der Waals surface area contributed by atoms with Crippen molar-refractivity contribution in [2.75, 3.05) is 20.8 Å². The Morgan fingerprint density at radius 3 is 2.39 bits per heavy atom. The Bertz CT molecular complexity index is 990. The van der Waals surface area contributed by atoms with Crippen molar-refractivity contribution in [3.63, 3.8) is 0 Å². The summed E-state index contributed by atoms with van der Waals surface area (Å²) in [5, 5.41) is 6.58. The minimum Gasteiger partial charge on any atom is -0.497 e. The second-order valence-electron chi connectivity index (χ2n) is 6.62. The van der Waals surface area contributed by atoms with Crippen LogP contribution in [0.2, 0.25) is 0 Å². The van der Waals surface area contributed by atoms with Gasteiger partial charge in [0.2, 0.25) is 5.88 Å². The summed E-state index contributed by atoms with van der Waals surface area (Å²) in [4.78, 5) is 8.67. The molecule has 0 aliphatic carbocycles. The Labute approximate surface area is 183 Å². The molecule has 0 saturated carbocycles. The van der Waals surface area contributed by atoms with E-state index in [0.717, 1.165) is 16.9 Å². The van der Waals surface area contributed by atoms with Crippen molar-refractivity contribution in [3.8, 4) is 23.1 Å². The standard InChI is InChI=1S/C24H28N4O3/c1-4-30-21-10-5-6-11-22(21)31-23-13-12-19(16-26-23)17-28-24(25-2)27-15-18-8-7-9-20(14-18)29-3/h5-14,16H,4,15,17H2,1-3H3,(H2,25,27,28). The van der Waals surface area contributed by atoms with Crippen LogP contribution in [0.25, 0.3) is 0 Å². The molecule has 0 atom stereocenters. The lowest BCUT2D eigenvalue weighted by molar-refractivity contribution is 0.319. The first-order chi connectivity index (χ1) is 15.2. The number of pyridine rings is 1. The van der Waals surface area contributed by atoms with E-state index in [4.69, 9.17) is 14.2 Å². The zero-order chi connectivity index (χ0) is 21.9. The molecule has 3 aromatic rings. The average molecular weight is 421 g/mol. The van der Waals surface area contributed by atoms with Crippen LogP contribution < -0.4 is 24.8 Å². The minimum absolute atomic E-state index is 0.511. The summed E-state index contributed by atoms with van der Waals surface area (Å²) in [6, 6.07) is 19.3. The van der Waals surface area contributed by atoms with Gasteiger partial charge in [0.05, 0.1) is 13.7 Å². The zero-order valence-corrected chi connectivity index (χ0v) is 18.1. The first kappa shape index (κ1) is 22.0. The van der Waals surface area contributed by atoms with Gasteiger partial charge in [0.25, 0.3) is 0 Å². The van der Waals surface area contributed by atoms with Gasteiger partial charge in [-0.1, -0.05) is 30.3 Å². The van der Waals surface area contributed by atoms with Gasteiger partial charge in [-0.25, -0.2) is 4.98 Å². The molecule has 3 rings (SSSR count). The van der Waals surface area contributed by atoms with Gasteiger partial charge < -0.3 is 24.8 Å². The van der Waals surface area contributed by atoms with Crippen LogP contribution in [0, 0.1) is 0 Å². The first-order valence-electron chi connectivity index (χ1n) is 10.1. The van der Waals surface area contributed by atoms with Gasteiger partial charge in [-0.3, -0.25) is 4.99 Å². The number of aromatic nitrogens is 1. The van der Waals surface area contributed by atoms with Crippen LogP contribution in [0.5, 0.6) is 23.1 Å². The highest BCUT2D eigenvalue weighted by molar-refractivity contribution is 5.79. The largest absolute Gasteiger partial charge is 0.497 e. The third-order valence-corrected chi connectivity index (χ3v) is 4.44. The summed E-state index contributed by atoms with van der Waals surface area (Å²) >= 11 is 0. The maximum atomic E-state index is 5.87. The molecule has 2 N–H and O–H groups in total. The predicted molar refractivity (Wildman–Crippen MR) is 122 cm³/mol.